The summed E-state index contributed by atoms with van der Waals surface area (Å²) in [6.45, 7) is 0. The molecule has 0 amide bonds. The van der Waals surface area contributed by atoms with Crippen molar-refractivity contribution >= 4 is 21.6 Å². The van der Waals surface area contributed by atoms with Crippen LogP contribution in [-0.4, -0.2) is 0 Å². The Balaban J connectivity index is 2.43. The van der Waals surface area contributed by atoms with Crippen molar-refractivity contribution in [1.82, 2.24) is 0 Å². The number of hydrogen-bond acceptors (Lipinski definition) is 2. The lowest BCUT2D eigenvalue weighted by molar-refractivity contribution is 0.436. The van der Waals surface area contributed by atoms with Crippen LogP contribution in [0.15, 0.2) is 34.8 Å². The number of benzene rings is 2. The summed E-state index contributed by atoms with van der Waals surface area (Å²) < 4.78 is 45.2. The van der Waals surface area contributed by atoms with E-state index in [0.29, 0.717) is 10.5 Å². The molecule has 0 saturated carbocycles. The maximum Gasteiger partial charge on any atom is 0.165 e. The molecular formula is C12H7BrF3NO. The molecule has 2 aromatic carbocycles. The van der Waals surface area contributed by atoms with Crippen LogP contribution in [0.5, 0.6) is 11.5 Å². The zero-order valence-electron chi connectivity index (χ0n) is 8.88. The number of hydrogen-bond donors (Lipinski definition) is 1. The van der Waals surface area contributed by atoms with Gasteiger partial charge >= 0.3 is 0 Å². The molecule has 0 bridgehead atoms. The summed E-state index contributed by atoms with van der Waals surface area (Å²) in [5.41, 5.74) is 5.01. The molecule has 0 heterocycles. The minimum atomic E-state index is -0.958. The first-order valence-electron chi connectivity index (χ1n) is 4.85. The van der Waals surface area contributed by atoms with E-state index in [1.165, 1.54) is 12.1 Å². The molecule has 0 atom stereocenters. The van der Waals surface area contributed by atoms with Gasteiger partial charge in [-0.15, -0.1) is 0 Å². The van der Waals surface area contributed by atoms with Crippen molar-refractivity contribution in [2.24, 2.45) is 0 Å². The van der Waals surface area contributed by atoms with E-state index in [0.717, 1.165) is 12.1 Å². The molecule has 0 aliphatic rings. The third kappa shape index (κ3) is 2.59. The van der Waals surface area contributed by atoms with Crippen molar-refractivity contribution in [3.8, 4) is 11.5 Å². The molecule has 6 heteroatoms. The average Bonchev–Trinajstić information content (AvgIpc) is 2.30. The molecule has 0 spiro atoms. The van der Waals surface area contributed by atoms with Crippen LogP contribution in [0.1, 0.15) is 0 Å². The van der Waals surface area contributed by atoms with E-state index < -0.39 is 17.5 Å². The molecular weight excluding hydrogens is 311 g/mol. The second kappa shape index (κ2) is 4.89. The Kier molecular flexibility index (Phi) is 3.47. The molecule has 94 valence electrons. The predicted octanol–water partition coefficient (Wildman–Crippen LogP) is 4.24. The summed E-state index contributed by atoms with van der Waals surface area (Å²) in [6, 6.07) is 5.47. The molecule has 18 heavy (non-hydrogen) atoms. The van der Waals surface area contributed by atoms with E-state index >= 15 is 0 Å². The van der Waals surface area contributed by atoms with E-state index in [4.69, 9.17) is 10.5 Å². The van der Waals surface area contributed by atoms with Crippen molar-refractivity contribution in [1.29, 1.82) is 0 Å². The quantitative estimate of drug-likeness (QED) is 0.841. The molecule has 2 N–H and O–H groups in total. The normalized spacial score (nSPS) is 10.4. The Hall–Kier alpha value is -1.69. The van der Waals surface area contributed by atoms with Gasteiger partial charge in [0.05, 0.1) is 0 Å². The highest BCUT2D eigenvalue weighted by Crippen LogP contribution is 2.33. The van der Waals surface area contributed by atoms with Gasteiger partial charge < -0.3 is 10.5 Å². The van der Waals surface area contributed by atoms with Gasteiger partial charge in [0.15, 0.2) is 23.1 Å². The van der Waals surface area contributed by atoms with Gasteiger partial charge in [0.1, 0.15) is 11.5 Å². The highest BCUT2D eigenvalue weighted by molar-refractivity contribution is 9.10. The van der Waals surface area contributed by atoms with Crippen molar-refractivity contribution < 1.29 is 17.9 Å². The fraction of sp³-hybridized carbons (Fsp3) is 0. The predicted molar refractivity (Wildman–Crippen MR) is 64.9 cm³/mol. The van der Waals surface area contributed by atoms with Gasteiger partial charge in [-0.2, -0.15) is 0 Å². The number of halogens is 4. The van der Waals surface area contributed by atoms with Gasteiger partial charge in [0, 0.05) is 16.6 Å². The van der Waals surface area contributed by atoms with Gasteiger partial charge in [-0.3, -0.25) is 0 Å². The van der Waals surface area contributed by atoms with Gasteiger partial charge in [0.25, 0.3) is 0 Å². The van der Waals surface area contributed by atoms with E-state index in [-0.39, 0.29) is 17.2 Å². The summed E-state index contributed by atoms with van der Waals surface area (Å²) >= 11 is 3.13. The van der Waals surface area contributed by atoms with Crippen LogP contribution in [0.3, 0.4) is 0 Å². The highest BCUT2D eigenvalue weighted by atomic mass is 79.9. The average molecular weight is 318 g/mol. The van der Waals surface area contributed by atoms with E-state index in [2.05, 4.69) is 15.9 Å². The summed E-state index contributed by atoms with van der Waals surface area (Å²) in [5, 5.41) is 0. The van der Waals surface area contributed by atoms with Gasteiger partial charge in [-0.25, -0.2) is 13.2 Å². The maximum absolute atomic E-state index is 13.4. The fourth-order valence-electron chi connectivity index (χ4n) is 1.32. The maximum atomic E-state index is 13.4. The topological polar surface area (TPSA) is 35.2 Å². The first-order valence-corrected chi connectivity index (χ1v) is 5.64. The van der Waals surface area contributed by atoms with E-state index in [1.54, 1.807) is 0 Å². The summed E-state index contributed by atoms with van der Waals surface area (Å²) in [6.07, 6.45) is 0. The number of ether oxygens (including phenoxy) is 1. The van der Waals surface area contributed by atoms with Crippen molar-refractivity contribution in [3.63, 3.8) is 0 Å². The first-order chi connectivity index (χ1) is 8.47. The van der Waals surface area contributed by atoms with Crippen LogP contribution in [0.4, 0.5) is 18.9 Å². The lowest BCUT2D eigenvalue weighted by Gasteiger charge is -2.10. The standard InChI is InChI=1S/C12H7BrF3NO/c13-6-1-2-8(15)10(3-6)18-11-5-7(14)4-9(16)12(11)17/h1-5H,17H2. The number of nitrogen functional groups attached to an aromatic ring is 1. The van der Waals surface area contributed by atoms with Crippen LogP contribution >= 0.6 is 15.9 Å². The lowest BCUT2D eigenvalue weighted by Crippen LogP contribution is -1.98. The molecule has 0 aromatic heterocycles. The molecule has 2 aromatic rings. The third-order valence-electron chi connectivity index (χ3n) is 2.17. The minimum absolute atomic E-state index is 0.180. The van der Waals surface area contributed by atoms with E-state index in [9.17, 15) is 13.2 Å². The Morgan fingerprint density at radius 1 is 0.944 bits per heavy atom. The zero-order valence-corrected chi connectivity index (χ0v) is 10.5. The van der Waals surface area contributed by atoms with Crippen molar-refractivity contribution in [3.05, 3.63) is 52.3 Å². The third-order valence-corrected chi connectivity index (χ3v) is 2.66. The Morgan fingerprint density at radius 2 is 1.67 bits per heavy atom. The Labute approximate surface area is 109 Å². The minimum Gasteiger partial charge on any atom is -0.452 e. The largest absolute Gasteiger partial charge is 0.452 e. The second-order valence-corrected chi connectivity index (χ2v) is 4.39. The van der Waals surface area contributed by atoms with Crippen LogP contribution in [0.25, 0.3) is 0 Å². The zero-order chi connectivity index (χ0) is 13.3. The van der Waals surface area contributed by atoms with Crippen LogP contribution in [0.2, 0.25) is 0 Å². The second-order valence-electron chi connectivity index (χ2n) is 3.48. The first kappa shape index (κ1) is 12.8. The Bertz CT molecular complexity index is 604. The lowest BCUT2D eigenvalue weighted by atomic mass is 10.2. The summed E-state index contributed by atoms with van der Waals surface area (Å²) in [4.78, 5) is 0. The smallest absolute Gasteiger partial charge is 0.165 e. The number of anilines is 1. The molecule has 0 saturated heterocycles. The fourth-order valence-corrected chi connectivity index (χ4v) is 1.66. The van der Waals surface area contributed by atoms with Crippen molar-refractivity contribution in [2.75, 3.05) is 5.73 Å². The molecule has 2 nitrogen and oxygen atoms in total. The van der Waals surface area contributed by atoms with Gasteiger partial charge in [-0.05, 0) is 18.2 Å². The van der Waals surface area contributed by atoms with Crippen LogP contribution in [-0.2, 0) is 0 Å². The van der Waals surface area contributed by atoms with Crippen LogP contribution in [0, 0.1) is 17.5 Å². The van der Waals surface area contributed by atoms with Crippen LogP contribution < -0.4 is 10.5 Å². The molecule has 0 radical (unpaired) electrons. The highest BCUT2D eigenvalue weighted by Gasteiger charge is 2.12. The SMILES string of the molecule is Nc1c(F)cc(F)cc1Oc1cc(Br)ccc1F. The molecule has 0 aliphatic carbocycles. The molecule has 0 fully saturated rings. The number of rotatable bonds is 2. The molecule has 0 unspecified atom stereocenters. The monoisotopic (exact) mass is 317 g/mol. The Morgan fingerprint density at radius 3 is 2.39 bits per heavy atom. The molecule has 0 aliphatic heterocycles. The summed E-state index contributed by atoms with van der Waals surface area (Å²) in [5.74, 6) is -2.93. The van der Waals surface area contributed by atoms with Gasteiger partial charge in [-0.1, -0.05) is 15.9 Å². The van der Waals surface area contributed by atoms with E-state index in [1.807, 2.05) is 0 Å². The van der Waals surface area contributed by atoms with Gasteiger partial charge in [0.2, 0.25) is 0 Å². The van der Waals surface area contributed by atoms with Crippen molar-refractivity contribution in [2.45, 2.75) is 0 Å². The number of nitrogens with two attached hydrogens (primary N) is 1. The molecule has 2 rings (SSSR count). The summed E-state index contributed by atoms with van der Waals surface area (Å²) in [7, 11) is 0.